The molecule has 130 valence electrons. The Hall–Kier alpha value is -2.17. The number of carbonyl (C=O) groups is 1. The maximum Gasteiger partial charge on any atom is 0.225 e. The van der Waals surface area contributed by atoms with Crippen LogP contribution < -0.4 is 10.6 Å². The number of fused-ring (bicyclic) bond motifs is 1. The van der Waals surface area contributed by atoms with E-state index < -0.39 is 0 Å². The predicted molar refractivity (Wildman–Crippen MR) is 101 cm³/mol. The standard InChI is InChI=1S/C21H25N3O/c25-21-12-17(19-8-4-5-9-20(19)23-21)13-22-18-10-11-24(15-18)14-16-6-2-1-3-7-16/h1-9,17-18,22H,10-15H2,(H,23,25)/t17-,18-/m0/s1. The summed E-state index contributed by atoms with van der Waals surface area (Å²) in [4.78, 5) is 14.4. The van der Waals surface area contributed by atoms with Crippen molar-refractivity contribution in [3.05, 3.63) is 65.7 Å². The first-order chi connectivity index (χ1) is 12.3. The summed E-state index contributed by atoms with van der Waals surface area (Å²) < 4.78 is 0. The van der Waals surface area contributed by atoms with Gasteiger partial charge in [0.15, 0.2) is 0 Å². The molecule has 2 heterocycles. The third kappa shape index (κ3) is 3.91. The van der Waals surface area contributed by atoms with Gasteiger partial charge in [-0.15, -0.1) is 0 Å². The topological polar surface area (TPSA) is 44.4 Å². The van der Waals surface area contributed by atoms with Gasteiger partial charge in [0, 0.05) is 50.2 Å². The maximum absolute atomic E-state index is 11.9. The molecule has 0 saturated carbocycles. The minimum atomic E-state index is 0.127. The third-order valence-electron chi connectivity index (χ3n) is 5.28. The van der Waals surface area contributed by atoms with Gasteiger partial charge in [0.05, 0.1) is 0 Å². The number of benzene rings is 2. The first-order valence-electron chi connectivity index (χ1n) is 9.16. The lowest BCUT2D eigenvalue weighted by Gasteiger charge is -2.27. The van der Waals surface area contributed by atoms with Crippen molar-refractivity contribution >= 4 is 11.6 Å². The highest BCUT2D eigenvalue weighted by Gasteiger charge is 2.27. The van der Waals surface area contributed by atoms with E-state index >= 15 is 0 Å². The molecule has 4 nitrogen and oxygen atoms in total. The quantitative estimate of drug-likeness (QED) is 0.883. The Kier molecular flexibility index (Phi) is 4.81. The summed E-state index contributed by atoms with van der Waals surface area (Å²) in [6.07, 6.45) is 1.75. The van der Waals surface area contributed by atoms with Gasteiger partial charge in [-0.25, -0.2) is 0 Å². The molecule has 0 spiro atoms. The maximum atomic E-state index is 11.9. The number of rotatable bonds is 5. The van der Waals surface area contributed by atoms with Gasteiger partial charge in [0.25, 0.3) is 0 Å². The molecule has 4 heteroatoms. The number of anilines is 1. The highest BCUT2D eigenvalue weighted by atomic mass is 16.1. The van der Waals surface area contributed by atoms with Gasteiger partial charge in [-0.1, -0.05) is 48.5 Å². The summed E-state index contributed by atoms with van der Waals surface area (Å²) in [6, 6.07) is 19.3. The minimum Gasteiger partial charge on any atom is -0.326 e. The van der Waals surface area contributed by atoms with Crippen molar-refractivity contribution < 1.29 is 4.79 Å². The van der Waals surface area contributed by atoms with Crippen molar-refractivity contribution in [3.63, 3.8) is 0 Å². The monoisotopic (exact) mass is 335 g/mol. The molecule has 1 amide bonds. The highest BCUT2D eigenvalue weighted by molar-refractivity contribution is 5.94. The van der Waals surface area contributed by atoms with Gasteiger partial charge in [0.1, 0.15) is 0 Å². The zero-order chi connectivity index (χ0) is 17.1. The normalized spacial score (nSPS) is 23.3. The van der Waals surface area contributed by atoms with Crippen LogP contribution in [-0.2, 0) is 11.3 Å². The van der Waals surface area contributed by atoms with E-state index in [0.717, 1.165) is 31.9 Å². The Morgan fingerprint density at radius 3 is 2.76 bits per heavy atom. The van der Waals surface area contributed by atoms with Gasteiger partial charge >= 0.3 is 0 Å². The van der Waals surface area contributed by atoms with Crippen LogP contribution in [0.3, 0.4) is 0 Å². The molecule has 2 atom stereocenters. The molecule has 1 fully saturated rings. The van der Waals surface area contributed by atoms with Crippen LogP contribution in [0, 0.1) is 0 Å². The Balaban J connectivity index is 1.31. The molecule has 0 aliphatic carbocycles. The third-order valence-corrected chi connectivity index (χ3v) is 5.28. The molecular weight excluding hydrogens is 310 g/mol. The average Bonchev–Trinajstić information content (AvgIpc) is 3.08. The van der Waals surface area contributed by atoms with Crippen LogP contribution in [0.2, 0.25) is 0 Å². The number of nitrogens with one attached hydrogen (secondary N) is 2. The number of amides is 1. The van der Waals surface area contributed by atoms with Gasteiger partial charge < -0.3 is 10.6 Å². The Morgan fingerprint density at radius 2 is 1.88 bits per heavy atom. The summed E-state index contributed by atoms with van der Waals surface area (Å²) in [5.41, 5.74) is 3.61. The van der Waals surface area contributed by atoms with Crippen molar-refractivity contribution in [2.75, 3.05) is 25.0 Å². The predicted octanol–water partition coefficient (Wildman–Crippen LogP) is 2.98. The van der Waals surface area contributed by atoms with Gasteiger partial charge in [0.2, 0.25) is 5.91 Å². The summed E-state index contributed by atoms with van der Waals surface area (Å²) in [7, 11) is 0. The summed E-state index contributed by atoms with van der Waals surface area (Å²) in [5.74, 6) is 0.399. The lowest BCUT2D eigenvalue weighted by Crippen LogP contribution is -2.37. The molecule has 0 aromatic heterocycles. The number of hydrogen-bond donors (Lipinski definition) is 2. The molecule has 2 N–H and O–H groups in total. The second-order valence-electron chi connectivity index (χ2n) is 7.15. The van der Waals surface area contributed by atoms with Crippen LogP contribution in [0.1, 0.15) is 29.9 Å². The van der Waals surface area contributed by atoms with E-state index in [0.29, 0.717) is 12.5 Å². The van der Waals surface area contributed by atoms with Crippen LogP contribution in [-0.4, -0.2) is 36.5 Å². The largest absolute Gasteiger partial charge is 0.326 e. The molecule has 1 saturated heterocycles. The van der Waals surface area contributed by atoms with Gasteiger partial charge in [-0.2, -0.15) is 0 Å². The SMILES string of the molecule is O=C1C[C@@H](CN[C@H]2CCN(Cc3ccccc3)C2)c2ccccc2N1. The van der Waals surface area contributed by atoms with E-state index in [1.54, 1.807) is 0 Å². The van der Waals surface area contributed by atoms with Crippen molar-refractivity contribution in [2.24, 2.45) is 0 Å². The second kappa shape index (κ2) is 7.38. The lowest BCUT2D eigenvalue weighted by atomic mass is 9.90. The molecular formula is C21H25N3O. The summed E-state index contributed by atoms with van der Waals surface area (Å²) in [5, 5.41) is 6.68. The molecule has 0 unspecified atom stereocenters. The van der Waals surface area contributed by atoms with Crippen molar-refractivity contribution in [1.82, 2.24) is 10.2 Å². The first-order valence-corrected chi connectivity index (χ1v) is 9.16. The fraction of sp³-hybridized carbons (Fsp3) is 0.381. The van der Waals surface area contributed by atoms with Gasteiger partial charge in [-0.3, -0.25) is 9.69 Å². The summed E-state index contributed by atoms with van der Waals surface area (Å²) in [6.45, 7) is 4.10. The zero-order valence-corrected chi connectivity index (χ0v) is 14.4. The van der Waals surface area contributed by atoms with Crippen LogP contribution >= 0.6 is 0 Å². The molecule has 4 rings (SSSR count). The molecule has 25 heavy (non-hydrogen) atoms. The number of hydrogen-bond acceptors (Lipinski definition) is 3. The molecule has 2 aromatic rings. The Bertz CT molecular complexity index is 731. The summed E-state index contributed by atoms with van der Waals surface area (Å²) >= 11 is 0. The number of nitrogens with zero attached hydrogens (tertiary/aromatic N) is 1. The van der Waals surface area contributed by atoms with E-state index in [9.17, 15) is 4.79 Å². The van der Waals surface area contributed by atoms with E-state index in [2.05, 4.69) is 58.0 Å². The molecule has 0 radical (unpaired) electrons. The van der Waals surface area contributed by atoms with Crippen LogP contribution in [0.15, 0.2) is 54.6 Å². The number of likely N-dealkylation sites (tertiary alicyclic amines) is 1. The first kappa shape index (κ1) is 16.3. The number of carbonyl (C=O) groups excluding carboxylic acids is 1. The van der Waals surface area contributed by atoms with E-state index in [1.165, 1.54) is 17.5 Å². The van der Waals surface area contributed by atoms with E-state index in [-0.39, 0.29) is 11.8 Å². The zero-order valence-electron chi connectivity index (χ0n) is 14.4. The van der Waals surface area contributed by atoms with Crippen LogP contribution in [0.25, 0.3) is 0 Å². The van der Waals surface area contributed by atoms with E-state index in [1.807, 2.05) is 12.1 Å². The lowest BCUT2D eigenvalue weighted by molar-refractivity contribution is -0.116. The van der Waals surface area contributed by atoms with Crippen LogP contribution in [0.4, 0.5) is 5.69 Å². The molecule has 2 aliphatic heterocycles. The minimum absolute atomic E-state index is 0.127. The van der Waals surface area contributed by atoms with Crippen molar-refractivity contribution in [1.29, 1.82) is 0 Å². The molecule has 2 aromatic carbocycles. The van der Waals surface area contributed by atoms with Crippen LogP contribution in [0.5, 0.6) is 0 Å². The Morgan fingerprint density at radius 1 is 1.08 bits per heavy atom. The van der Waals surface area contributed by atoms with Crippen molar-refractivity contribution in [3.8, 4) is 0 Å². The smallest absolute Gasteiger partial charge is 0.225 e. The average molecular weight is 335 g/mol. The van der Waals surface area contributed by atoms with Gasteiger partial charge in [-0.05, 0) is 23.6 Å². The second-order valence-corrected chi connectivity index (χ2v) is 7.15. The molecule has 2 aliphatic rings. The highest BCUT2D eigenvalue weighted by Crippen LogP contribution is 2.31. The Labute approximate surface area is 149 Å². The molecule has 0 bridgehead atoms. The number of para-hydroxylation sites is 1. The van der Waals surface area contributed by atoms with E-state index in [4.69, 9.17) is 0 Å². The van der Waals surface area contributed by atoms with Crippen molar-refractivity contribution in [2.45, 2.75) is 31.3 Å². The fourth-order valence-electron chi connectivity index (χ4n) is 3.98. The fourth-order valence-corrected chi connectivity index (χ4v) is 3.98.